The van der Waals surface area contributed by atoms with Crippen LogP contribution in [0.25, 0.3) is 0 Å². The van der Waals surface area contributed by atoms with Gasteiger partial charge in [-0.1, -0.05) is 71.9 Å². The van der Waals surface area contributed by atoms with E-state index in [1.807, 2.05) is 51.1 Å². The van der Waals surface area contributed by atoms with Gasteiger partial charge < -0.3 is 26.2 Å². The maximum absolute atomic E-state index is 14.0. The smallest absolute Gasteiger partial charge is 0.315 e. The van der Waals surface area contributed by atoms with Crippen molar-refractivity contribution in [3.05, 3.63) is 35.9 Å². The van der Waals surface area contributed by atoms with Crippen LogP contribution in [-0.2, 0) is 24.4 Å². The second-order valence-electron chi connectivity index (χ2n) is 15.1. The average Bonchev–Trinajstić information content (AvgIpc) is 3.54. The number of nitrogens with one attached hydrogen (secondary N) is 4. The van der Waals surface area contributed by atoms with E-state index in [4.69, 9.17) is 0 Å². The van der Waals surface area contributed by atoms with Crippen LogP contribution in [0.3, 0.4) is 0 Å². The zero-order chi connectivity index (χ0) is 36.2. The first-order valence-electron chi connectivity index (χ1n) is 16.3. The molecule has 270 valence electrons. The Morgan fingerprint density at radius 2 is 1.60 bits per heavy atom. The molecule has 12 nitrogen and oxygen atoms in total. The van der Waals surface area contributed by atoms with Gasteiger partial charge in [-0.15, -0.1) is 0 Å². The van der Waals surface area contributed by atoms with Crippen molar-refractivity contribution in [3.63, 3.8) is 0 Å². The van der Waals surface area contributed by atoms with Crippen LogP contribution in [-0.4, -0.2) is 104 Å². The highest BCUT2D eigenvalue weighted by molar-refractivity contribution is 7.88. The number of sulfonamides is 1. The van der Waals surface area contributed by atoms with Gasteiger partial charge in [0.05, 0.1) is 6.26 Å². The van der Waals surface area contributed by atoms with E-state index in [9.17, 15) is 36.4 Å². The SMILES string of the molecule is CN(C[C@@H](NC(=O)N[C@H](C(=O)N1CCC[C@H]1C(=O)N[C@@H](CC(F)F)C(=O)N[C@H]1C[C@@H]1c1ccccc1)C(C)(C)C)C(C)(C)C)S(C)(=O)=O. The molecule has 1 heterocycles. The topological polar surface area (TPSA) is 157 Å². The lowest BCUT2D eigenvalue weighted by Crippen LogP contribution is -2.62. The summed E-state index contributed by atoms with van der Waals surface area (Å²) >= 11 is 0. The molecule has 2 fully saturated rings. The van der Waals surface area contributed by atoms with Gasteiger partial charge in [-0.2, -0.15) is 0 Å². The normalized spacial score (nSPS) is 21.8. The number of nitrogens with zero attached hydrogens (tertiary/aromatic N) is 2. The third-order valence-electron chi connectivity index (χ3n) is 8.98. The summed E-state index contributed by atoms with van der Waals surface area (Å²) in [6.45, 7) is 11.0. The predicted octanol–water partition coefficient (Wildman–Crippen LogP) is 2.81. The quantitative estimate of drug-likeness (QED) is 0.248. The molecule has 1 aromatic carbocycles. The molecule has 3 rings (SSSR count). The number of likely N-dealkylation sites (tertiary alicyclic amines) is 1. The molecule has 48 heavy (non-hydrogen) atoms. The summed E-state index contributed by atoms with van der Waals surface area (Å²) in [4.78, 5) is 55.2. The number of carbonyl (C=O) groups is 4. The van der Waals surface area contributed by atoms with Crippen LogP contribution in [0.4, 0.5) is 13.6 Å². The largest absolute Gasteiger partial charge is 0.351 e. The Kier molecular flexibility index (Phi) is 12.6. The first-order chi connectivity index (χ1) is 22.1. The number of urea groups is 1. The van der Waals surface area contributed by atoms with Crippen LogP contribution < -0.4 is 21.3 Å². The molecule has 0 radical (unpaired) electrons. The lowest BCUT2D eigenvalue weighted by molar-refractivity contribution is -0.142. The second-order valence-corrected chi connectivity index (χ2v) is 17.2. The van der Waals surface area contributed by atoms with E-state index < -0.39 is 81.6 Å². The number of carbonyl (C=O) groups excluding carboxylic acids is 4. The molecular weight excluding hydrogens is 646 g/mol. The molecule has 2 aliphatic rings. The fraction of sp³-hybridized carbons (Fsp3) is 0.697. The van der Waals surface area contributed by atoms with Crippen LogP contribution in [0.1, 0.15) is 78.7 Å². The third kappa shape index (κ3) is 10.8. The number of halogens is 2. The van der Waals surface area contributed by atoms with Gasteiger partial charge in [-0.3, -0.25) is 14.4 Å². The molecule has 5 amide bonds. The average molecular weight is 699 g/mol. The van der Waals surface area contributed by atoms with Gasteiger partial charge in [0.15, 0.2) is 0 Å². The van der Waals surface area contributed by atoms with Crippen LogP contribution in [0, 0.1) is 10.8 Å². The Labute approximate surface area is 283 Å². The Balaban J connectivity index is 1.70. The number of likely N-dealkylation sites (N-methyl/N-ethyl adjacent to an activating group) is 1. The Morgan fingerprint density at radius 3 is 2.15 bits per heavy atom. The number of rotatable bonds is 13. The second kappa shape index (κ2) is 15.5. The van der Waals surface area contributed by atoms with Crippen molar-refractivity contribution >= 4 is 33.8 Å². The minimum absolute atomic E-state index is 0.000720. The van der Waals surface area contributed by atoms with Gasteiger partial charge in [0, 0.05) is 44.6 Å². The first kappa shape index (κ1) is 39.1. The van der Waals surface area contributed by atoms with Crippen molar-refractivity contribution < 1.29 is 36.4 Å². The highest BCUT2D eigenvalue weighted by atomic mass is 32.2. The van der Waals surface area contributed by atoms with Crippen LogP contribution >= 0.6 is 0 Å². The summed E-state index contributed by atoms with van der Waals surface area (Å²) in [5.41, 5.74) is -0.321. The molecule has 1 aliphatic heterocycles. The molecular formula is C33H52F2N6O6S. The lowest BCUT2D eigenvalue weighted by atomic mass is 9.85. The molecule has 0 unspecified atom stereocenters. The summed E-state index contributed by atoms with van der Waals surface area (Å²) in [6, 6.07) is 4.38. The van der Waals surface area contributed by atoms with Crippen LogP contribution in [0.5, 0.6) is 0 Å². The molecule has 1 saturated carbocycles. The van der Waals surface area contributed by atoms with Crippen molar-refractivity contribution in [1.82, 2.24) is 30.5 Å². The first-order valence-corrected chi connectivity index (χ1v) is 18.2. The number of amides is 5. The van der Waals surface area contributed by atoms with E-state index >= 15 is 0 Å². The summed E-state index contributed by atoms with van der Waals surface area (Å²) < 4.78 is 52.3. The molecule has 6 atom stereocenters. The van der Waals surface area contributed by atoms with E-state index in [0.717, 1.165) is 16.1 Å². The fourth-order valence-corrected chi connectivity index (χ4v) is 6.18. The highest BCUT2D eigenvalue weighted by Crippen LogP contribution is 2.40. The minimum Gasteiger partial charge on any atom is -0.351 e. The maximum Gasteiger partial charge on any atom is 0.315 e. The van der Waals surface area contributed by atoms with Gasteiger partial charge in [-0.25, -0.2) is 26.3 Å². The summed E-state index contributed by atoms with van der Waals surface area (Å²) in [7, 11) is -2.11. The molecule has 15 heteroatoms. The Bertz CT molecular complexity index is 1420. The van der Waals surface area contributed by atoms with Crippen molar-refractivity contribution in [2.24, 2.45) is 10.8 Å². The zero-order valence-corrected chi connectivity index (χ0v) is 30.0. The predicted molar refractivity (Wildman–Crippen MR) is 179 cm³/mol. The molecule has 1 aromatic rings. The van der Waals surface area contributed by atoms with Gasteiger partial charge in [0.1, 0.15) is 18.1 Å². The van der Waals surface area contributed by atoms with Gasteiger partial charge in [0.2, 0.25) is 34.2 Å². The van der Waals surface area contributed by atoms with E-state index in [1.54, 1.807) is 20.8 Å². The number of benzene rings is 1. The standard InChI is InChI=1S/C33H52F2N6O6S/c1-32(2,3)25(19-40(7)48(8,46)47)38-31(45)39-27(33(4,5)6)30(44)41-16-12-15-24(41)29(43)37-23(18-26(34)35)28(42)36-22-17-21(22)20-13-10-9-11-14-20/h9-11,13-14,21-27H,12,15-19H2,1-8H3,(H,36,42)(H,37,43)(H2,38,39,45)/t21-,22+,23+,24+,25-,27-/m1/s1. The molecule has 1 saturated heterocycles. The van der Waals surface area contributed by atoms with E-state index in [0.29, 0.717) is 12.8 Å². The molecule has 4 N–H and O–H groups in total. The number of alkyl halides is 2. The van der Waals surface area contributed by atoms with Crippen molar-refractivity contribution in [3.8, 4) is 0 Å². The van der Waals surface area contributed by atoms with Crippen molar-refractivity contribution in [1.29, 1.82) is 0 Å². The molecule has 1 aliphatic carbocycles. The molecule has 0 aromatic heterocycles. The highest BCUT2D eigenvalue weighted by Gasteiger charge is 2.44. The Hall–Kier alpha value is -3.33. The van der Waals surface area contributed by atoms with E-state index in [2.05, 4.69) is 21.3 Å². The van der Waals surface area contributed by atoms with Crippen molar-refractivity contribution in [2.75, 3.05) is 26.4 Å². The number of hydrogen-bond acceptors (Lipinski definition) is 6. The summed E-state index contributed by atoms with van der Waals surface area (Å²) in [5, 5.41) is 10.8. The zero-order valence-electron chi connectivity index (χ0n) is 29.2. The molecule has 0 spiro atoms. The third-order valence-corrected chi connectivity index (χ3v) is 10.3. The minimum atomic E-state index is -3.52. The van der Waals surface area contributed by atoms with Gasteiger partial charge in [-0.05, 0) is 35.7 Å². The fourth-order valence-electron chi connectivity index (χ4n) is 5.76. The van der Waals surface area contributed by atoms with Crippen LogP contribution in [0.2, 0.25) is 0 Å². The van der Waals surface area contributed by atoms with E-state index in [-0.39, 0.29) is 31.5 Å². The summed E-state index contributed by atoms with van der Waals surface area (Å²) in [5.74, 6) is -1.89. The number of hydrogen-bond donors (Lipinski definition) is 4. The van der Waals surface area contributed by atoms with Crippen LogP contribution in [0.15, 0.2) is 30.3 Å². The monoisotopic (exact) mass is 698 g/mol. The van der Waals surface area contributed by atoms with E-state index in [1.165, 1.54) is 11.9 Å². The van der Waals surface area contributed by atoms with Gasteiger partial charge in [0.25, 0.3) is 0 Å². The van der Waals surface area contributed by atoms with Crippen molar-refractivity contribution in [2.45, 2.75) is 110 Å². The molecule has 0 bridgehead atoms. The summed E-state index contributed by atoms with van der Waals surface area (Å²) in [6.07, 6.45) is -1.28. The Morgan fingerprint density at radius 1 is 0.979 bits per heavy atom. The van der Waals surface area contributed by atoms with Gasteiger partial charge >= 0.3 is 6.03 Å². The lowest BCUT2D eigenvalue weighted by Gasteiger charge is -2.37. The maximum atomic E-state index is 14.0.